The van der Waals surface area contributed by atoms with Gasteiger partial charge in [0.1, 0.15) is 0 Å². The van der Waals surface area contributed by atoms with E-state index in [9.17, 15) is 5.11 Å². The van der Waals surface area contributed by atoms with Crippen molar-refractivity contribution in [2.24, 2.45) is 4.99 Å². The van der Waals surface area contributed by atoms with Gasteiger partial charge in [0.05, 0.1) is 12.6 Å². The second-order valence-corrected chi connectivity index (χ2v) is 6.77. The van der Waals surface area contributed by atoms with E-state index in [4.69, 9.17) is 4.99 Å². The molecule has 0 aromatic carbocycles. The van der Waals surface area contributed by atoms with Crippen molar-refractivity contribution in [3.05, 3.63) is 22.4 Å². The van der Waals surface area contributed by atoms with E-state index in [-0.39, 0.29) is 6.10 Å². The van der Waals surface area contributed by atoms with Crippen LogP contribution in [-0.4, -0.2) is 36.3 Å². The number of aliphatic imine (C=N–C) groups is 1. The van der Waals surface area contributed by atoms with Gasteiger partial charge in [0.15, 0.2) is 5.96 Å². The minimum Gasteiger partial charge on any atom is -0.393 e. The second kappa shape index (κ2) is 8.39. The largest absolute Gasteiger partial charge is 0.393 e. The summed E-state index contributed by atoms with van der Waals surface area (Å²) in [5.41, 5.74) is 0. The average molecular weight is 309 g/mol. The minimum atomic E-state index is -0.110. The van der Waals surface area contributed by atoms with Crippen LogP contribution in [0.4, 0.5) is 0 Å². The number of hydrogen-bond acceptors (Lipinski definition) is 3. The van der Waals surface area contributed by atoms with Crippen LogP contribution in [0, 0.1) is 0 Å². The van der Waals surface area contributed by atoms with Gasteiger partial charge < -0.3 is 15.7 Å². The van der Waals surface area contributed by atoms with E-state index in [2.05, 4.69) is 42.0 Å². The Morgan fingerprint density at radius 3 is 2.81 bits per heavy atom. The molecule has 1 saturated carbocycles. The lowest BCUT2D eigenvalue weighted by molar-refractivity contribution is 0.120. The highest BCUT2D eigenvalue weighted by Gasteiger charge is 2.20. The lowest BCUT2D eigenvalue weighted by Crippen LogP contribution is -2.45. The Morgan fingerprint density at radius 2 is 2.19 bits per heavy atom. The molecule has 0 saturated heterocycles. The van der Waals surface area contributed by atoms with Crippen molar-refractivity contribution in [2.75, 3.05) is 13.1 Å². The molecule has 4 nitrogen and oxygen atoms in total. The summed E-state index contributed by atoms with van der Waals surface area (Å²) in [7, 11) is 0. The lowest BCUT2D eigenvalue weighted by Gasteiger charge is -2.27. The van der Waals surface area contributed by atoms with Gasteiger partial charge in [-0.25, -0.2) is 0 Å². The van der Waals surface area contributed by atoms with Crippen LogP contribution in [0.5, 0.6) is 0 Å². The van der Waals surface area contributed by atoms with Gasteiger partial charge >= 0.3 is 0 Å². The molecule has 5 heteroatoms. The van der Waals surface area contributed by atoms with Crippen molar-refractivity contribution < 1.29 is 5.11 Å². The third-order valence-corrected chi connectivity index (χ3v) is 5.04. The smallest absolute Gasteiger partial charge is 0.191 e. The summed E-state index contributed by atoms with van der Waals surface area (Å²) in [6.45, 7) is 5.97. The number of hydrogen-bond donors (Lipinski definition) is 3. The van der Waals surface area contributed by atoms with Gasteiger partial charge in [-0.15, -0.1) is 11.3 Å². The van der Waals surface area contributed by atoms with Crippen LogP contribution in [0.3, 0.4) is 0 Å². The van der Waals surface area contributed by atoms with E-state index in [1.165, 1.54) is 4.88 Å². The van der Waals surface area contributed by atoms with Crippen LogP contribution < -0.4 is 10.6 Å². The van der Waals surface area contributed by atoms with Crippen molar-refractivity contribution in [3.63, 3.8) is 0 Å². The third-order valence-electron chi connectivity index (χ3n) is 3.93. The van der Waals surface area contributed by atoms with Crippen molar-refractivity contribution in [3.8, 4) is 0 Å². The molecule has 1 aliphatic carbocycles. The first-order valence-corrected chi connectivity index (χ1v) is 8.83. The maximum absolute atomic E-state index is 9.57. The summed E-state index contributed by atoms with van der Waals surface area (Å²) in [5, 5.41) is 18.5. The van der Waals surface area contributed by atoms with E-state index in [1.54, 1.807) is 11.3 Å². The van der Waals surface area contributed by atoms with Gasteiger partial charge in [-0.1, -0.05) is 13.0 Å². The van der Waals surface area contributed by atoms with Crippen LogP contribution in [0.15, 0.2) is 22.5 Å². The molecule has 0 bridgehead atoms. The van der Waals surface area contributed by atoms with E-state index in [1.807, 2.05) is 0 Å². The van der Waals surface area contributed by atoms with Crippen LogP contribution in [-0.2, 0) is 0 Å². The Kier molecular flexibility index (Phi) is 6.51. The van der Waals surface area contributed by atoms with Gasteiger partial charge in [0.25, 0.3) is 0 Å². The number of nitrogens with zero attached hydrogens (tertiary/aromatic N) is 1. The summed E-state index contributed by atoms with van der Waals surface area (Å²) < 4.78 is 0. The first-order valence-electron chi connectivity index (χ1n) is 7.95. The zero-order valence-corrected chi connectivity index (χ0v) is 13.8. The number of nitrogens with one attached hydrogen (secondary N) is 2. The number of aliphatic hydroxyl groups excluding tert-OH is 1. The van der Waals surface area contributed by atoms with E-state index < -0.39 is 0 Å². The van der Waals surface area contributed by atoms with E-state index in [0.717, 1.165) is 44.7 Å². The van der Waals surface area contributed by atoms with Gasteiger partial charge in [-0.05, 0) is 44.1 Å². The standard InChI is InChI=1S/C16H27N3OS/c1-3-17-16(19-13-6-8-14(20)9-7-13)18-11-12(2)15-5-4-10-21-15/h4-5,10,12-14,20H,3,6-9,11H2,1-2H3,(H2,17,18,19). The fraction of sp³-hybridized carbons (Fsp3) is 0.688. The first kappa shape index (κ1) is 16.3. The number of aliphatic hydroxyl groups is 1. The molecule has 0 spiro atoms. The maximum Gasteiger partial charge on any atom is 0.191 e. The quantitative estimate of drug-likeness (QED) is 0.579. The summed E-state index contributed by atoms with van der Waals surface area (Å²) in [6, 6.07) is 4.70. The van der Waals surface area contributed by atoms with Gasteiger partial charge in [0.2, 0.25) is 0 Å². The van der Waals surface area contributed by atoms with Crippen molar-refractivity contribution in [1.82, 2.24) is 10.6 Å². The Morgan fingerprint density at radius 1 is 1.43 bits per heavy atom. The fourth-order valence-corrected chi connectivity index (χ4v) is 3.40. The van der Waals surface area contributed by atoms with Crippen LogP contribution in [0.2, 0.25) is 0 Å². The molecule has 21 heavy (non-hydrogen) atoms. The molecule has 1 aromatic rings. The van der Waals surface area contributed by atoms with Gasteiger partial charge in [-0.2, -0.15) is 0 Å². The zero-order chi connectivity index (χ0) is 15.1. The summed E-state index contributed by atoms with van der Waals surface area (Å²) in [6.07, 6.45) is 3.71. The predicted molar refractivity (Wildman–Crippen MR) is 90.1 cm³/mol. The molecule has 0 radical (unpaired) electrons. The molecule has 1 aliphatic rings. The normalized spacial score (nSPS) is 24.6. The molecule has 0 amide bonds. The van der Waals surface area contributed by atoms with Gasteiger partial charge in [0, 0.05) is 23.4 Å². The topological polar surface area (TPSA) is 56.7 Å². The second-order valence-electron chi connectivity index (χ2n) is 5.79. The molecule has 1 fully saturated rings. The number of rotatable bonds is 5. The Hall–Kier alpha value is -1.07. The molecule has 1 aromatic heterocycles. The number of guanidine groups is 1. The molecular formula is C16H27N3OS. The van der Waals surface area contributed by atoms with Crippen LogP contribution in [0.25, 0.3) is 0 Å². The SMILES string of the molecule is CCNC(=NCC(C)c1cccs1)NC1CCC(O)CC1. The average Bonchev–Trinajstić information content (AvgIpc) is 3.01. The zero-order valence-electron chi connectivity index (χ0n) is 13.0. The molecule has 118 valence electrons. The van der Waals surface area contributed by atoms with E-state index in [0.29, 0.717) is 12.0 Å². The van der Waals surface area contributed by atoms with Crippen LogP contribution >= 0.6 is 11.3 Å². The molecule has 2 rings (SSSR count). The molecule has 3 N–H and O–H groups in total. The molecular weight excluding hydrogens is 282 g/mol. The summed E-state index contributed by atoms with van der Waals surface area (Å²) >= 11 is 1.79. The molecule has 1 unspecified atom stereocenters. The maximum atomic E-state index is 9.57. The Balaban J connectivity index is 1.86. The van der Waals surface area contributed by atoms with Crippen molar-refractivity contribution in [2.45, 2.75) is 57.6 Å². The third kappa shape index (κ3) is 5.32. The highest BCUT2D eigenvalue weighted by atomic mass is 32.1. The lowest BCUT2D eigenvalue weighted by atomic mass is 9.93. The van der Waals surface area contributed by atoms with Crippen molar-refractivity contribution in [1.29, 1.82) is 0 Å². The predicted octanol–water partition coefficient (Wildman–Crippen LogP) is 2.71. The summed E-state index contributed by atoms with van der Waals surface area (Å²) in [5.74, 6) is 1.36. The first-order chi connectivity index (χ1) is 10.2. The highest BCUT2D eigenvalue weighted by molar-refractivity contribution is 7.10. The molecule has 1 heterocycles. The van der Waals surface area contributed by atoms with E-state index >= 15 is 0 Å². The molecule has 0 aliphatic heterocycles. The Bertz CT molecular complexity index is 425. The Labute approximate surface area is 131 Å². The van der Waals surface area contributed by atoms with Crippen molar-refractivity contribution >= 4 is 17.3 Å². The summed E-state index contributed by atoms with van der Waals surface area (Å²) in [4.78, 5) is 6.11. The van der Waals surface area contributed by atoms with Gasteiger partial charge in [-0.3, -0.25) is 4.99 Å². The molecule has 1 atom stereocenters. The monoisotopic (exact) mass is 309 g/mol. The highest BCUT2D eigenvalue weighted by Crippen LogP contribution is 2.21. The fourth-order valence-electron chi connectivity index (χ4n) is 2.62. The van der Waals surface area contributed by atoms with Crippen LogP contribution in [0.1, 0.15) is 50.3 Å². The minimum absolute atomic E-state index is 0.110. The number of thiophene rings is 1.